The third-order valence-corrected chi connectivity index (χ3v) is 26.2. The van der Waals surface area contributed by atoms with E-state index in [1.807, 2.05) is 182 Å². The van der Waals surface area contributed by atoms with Gasteiger partial charge < -0.3 is 4.42 Å². The standard InChI is InChI=1S/2C43H27N3.C39H23N3O/c1-3-13-29(14-4-1)41-44-42(30-15-5-2-6-16-30)46-43(45-41)32-26-31-17-8-10-19-34(31)40(27-32)36-21-11-20-35-38-23-22-28-12-7-9-18-33(28)37(38)24-25-39(35)36;1-3-13-29(14-4-1)41-44-42(30-15-5-2-6-16-30)46-43(45-41)40-23-11-21-33-32(18-10-22-36(33)40)34-19-9-20-35-38-25-24-28-12-7-8-17-31(28)37(38)26-27-39(34)35;1-2-11-25(12-3-1)37-40-38(42-39(41-37)34-18-9-16-32-31-14-6-7-19-35(31)43-36(32)34)33-17-8-15-27-29-21-20-24-10-4-5-13-26(24)28(29)22-23-30(27)33/h2*1-27H;1-23H. The molecule has 0 unspecified atom stereocenters. The van der Waals surface area contributed by atoms with E-state index in [9.17, 15) is 0 Å². The van der Waals surface area contributed by atoms with Crippen molar-refractivity contribution in [3.63, 3.8) is 0 Å². The first kappa shape index (κ1) is 79.0. The highest BCUT2D eigenvalue weighted by Gasteiger charge is 2.24. The molecule has 23 aromatic carbocycles. The SMILES string of the molecule is c1ccc(-c2nc(-c3cccc4c3ccc3c5ccccc5ccc43)nc(-c3cccc4c3oc3ccccc34)n2)cc1.c1ccc(-c2nc(-c3ccccc3)nc(-c3cc(-c4cccc5c4ccc4c6ccccc6ccc54)c4ccccc4c3)n2)cc1.c1ccc(-c2nc(-c3ccccc3)nc(-c3cccc4c(-c5cccc6c5ccc5c7ccccc7ccc65)cccc34)n2)cc1. The van der Waals surface area contributed by atoms with Gasteiger partial charge >= 0.3 is 0 Å². The smallest absolute Gasteiger partial charge is 0.167 e. The van der Waals surface area contributed by atoms with E-state index in [2.05, 4.69) is 285 Å². The van der Waals surface area contributed by atoms with E-state index in [0.29, 0.717) is 52.4 Å². The maximum Gasteiger partial charge on any atom is 0.167 e. The second kappa shape index (κ2) is 33.7. The van der Waals surface area contributed by atoms with Gasteiger partial charge in [-0.2, -0.15) is 0 Å². The molecule has 0 N–H and O–H groups in total. The van der Waals surface area contributed by atoms with Crippen LogP contribution in [-0.2, 0) is 0 Å². The predicted molar refractivity (Wildman–Crippen MR) is 559 cm³/mol. The first-order chi connectivity index (χ1) is 66.9. The Kier molecular flexibility index (Phi) is 19.7. The van der Waals surface area contributed by atoms with Crippen LogP contribution in [0.2, 0.25) is 0 Å². The number of hydrogen-bond acceptors (Lipinski definition) is 10. The third-order valence-electron chi connectivity index (χ3n) is 26.2. The lowest BCUT2D eigenvalue weighted by molar-refractivity contribution is 0.669. The van der Waals surface area contributed by atoms with Crippen molar-refractivity contribution in [1.29, 1.82) is 0 Å². The molecule has 135 heavy (non-hydrogen) atoms. The highest BCUT2D eigenvalue weighted by atomic mass is 16.3. The van der Waals surface area contributed by atoms with Crippen molar-refractivity contribution < 1.29 is 4.42 Å². The average molecular weight is 1720 g/mol. The zero-order valence-electron chi connectivity index (χ0n) is 72.9. The van der Waals surface area contributed by atoms with E-state index in [1.165, 1.54) is 114 Å². The topological polar surface area (TPSA) is 129 Å². The Labute approximate surface area is 776 Å². The Balaban J connectivity index is 0.000000108. The number of furan rings is 1. The number of benzene rings is 23. The summed E-state index contributed by atoms with van der Waals surface area (Å²) < 4.78 is 6.38. The van der Waals surface area contributed by atoms with Crippen LogP contribution in [-0.4, -0.2) is 44.9 Å². The minimum atomic E-state index is 0.581. The lowest BCUT2D eigenvalue weighted by atomic mass is 9.90. The first-order valence-electron chi connectivity index (χ1n) is 45.5. The van der Waals surface area contributed by atoms with Crippen molar-refractivity contribution in [2.45, 2.75) is 0 Å². The molecule has 27 rings (SSSR count). The molecule has 0 amide bonds. The summed E-state index contributed by atoms with van der Waals surface area (Å²) in [5, 5.41) is 29.0. The van der Waals surface area contributed by atoms with Crippen molar-refractivity contribution >= 4 is 140 Å². The van der Waals surface area contributed by atoms with Crippen LogP contribution in [0.5, 0.6) is 0 Å². The van der Waals surface area contributed by atoms with E-state index < -0.39 is 0 Å². The van der Waals surface area contributed by atoms with Gasteiger partial charge in [-0.05, 0) is 165 Å². The summed E-state index contributed by atoms with van der Waals surface area (Å²) in [4.78, 5) is 45.2. The number of fused-ring (bicyclic) bond motifs is 20. The molecular weight excluding hydrogens is 1640 g/mol. The van der Waals surface area contributed by atoms with Crippen LogP contribution < -0.4 is 0 Å². The Morgan fingerprint density at radius 3 is 0.763 bits per heavy atom. The second-order valence-electron chi connectivity index (χ2n) is 34.0. The number of rotatable bonds is 11. The molecule has 0 aliphatic rings. The van der Waals surface area contributed by atoms with E-state index in [-0.39, 0.29) is 0 Å². The monoisotopic (exact) mass is 1720 g/mol. The highest BCUT2D eigenvalue weighted by Crippen LogP contribution is 2.46. The molecule has 0 fully saturated rings. The molecular formula is C125H77N9O. The second-order valence-corrected chi connectivity index (χ2v) is 34.0. The fraction of sp³-hybridized carbons (Fsp3) is 0. The van der Waals surface area contributed by atoms with Crippen LogP contribution in [0.25, 0.3) is 265 Å². The molecule has 4 heterocycles. The van der Waals surface area contributed by atoms with Gasteiger partial charge in [-0.25, -0.2) is 44.9 Å². The van der Waals surface area contributed by atoms with Gasteiger partial charge in [0.05, 0.1) is 5.56 Å². The Morgan fingerprint density at radius 1 is 0.119 bits per heavy atom. The van der Waals surface area contributed by atoms with Gasteiger partial charge in [-0.3, -0.25) is 0 Å². The number of hydrogen-bond donors (Lipinski definition) is 0. The van der Waals surface area contributed by atoms with Gasteiger partial charge in [0, 0.05) is 55.3 Å². The lowest BCUT2D eigenvalue weighted by Crippen LogP contribution is -2.00. The molecule has 0 aliphatic heterocycles. The fourth-order valence-corrected chi connectivity index (χ4v) is 19.8. The van der Waals surface area contributed by atoms with Gasteiger partial charge in [0.15, 0.2) is 52.4 Å². The Morgan fingerprint density at radius 2 is 0.356 bits per heavy atom. The molecule has 0 saturated carbocycles. The van der Waals surface area contributed by atoms with Crippen LogP contribution in [0.3, 0.4) is 0 Å². The number of nitrogens with zero attached hydrogens (tertiary/aromatic N) is 9. The summed E-state index contributed by atoms with van der Waals surface area (Å²) in [5.74, 6) is 5.77. The van der Waals surface area contributed by atoms with E-state index in [4.69, 9.17) is 49.3 Å². The van der Waals surface area contributed by atoms with Gasteiger partial charge in [0.1, 0.15) is 11.2 Å². The van der Waals surface area contributed by atoms with Crippen molar-refractivity contribution in [3.8, 4) is 125 Å². The summed E-state index contributed by atoms with van der Waals surface area (Å²) in [7, 11) is 0. The number of aromatic nitrogens is 9. The van der Waals surface area contributed by atoms with Crippen LogP contribution >= 0.6 is 0 Å². The van der Waals surface area contributed by atoms with Crippen molar-refractivity contribution in [2.24, 2.45) is 0 Å². The molecule has 27 aromatic rings. The van der Waals surface area contributed by atoms with Gasteiger partial charge in [0.25, 0.3) is 0 Å². The largest absolute Gasteiger partial charge is 0.455 e. The number of para-hydroxylation sites is 2. The molecule has 628 valence electrons. The summed E-state index contributed by atoms with van der Waals surface area (Å²) in [6.07, 6.45) is 0. The maximum absolute atomic E-state index is 6.38. The van der Waals surface area contributed by atoms with Crippen molar-refractivity contribution in [2.75, 3.05) is 0 Å². The van der Waals surface area contributed by atoms with E-state index in [0.717, 1.165) is 99.1 Å². The van der Waals surface area contributed by atoms with Crippen LogP contribution in [0.1, 0.15) is 0 Å². The van der Waals surface area contributed by atoms with Crippen LogP contribution in [0, 0.1) is 0 Å². The zero-order valence-corrected chi connectivity index (χ0v) is 72.9. The first-order valence-corrected chi connectivity index (χ1v) is 45.5. The minimum Gasteiger partial charge on any atom is -0.455 e. The molecule has 0 aliphatic carbocycles. The van der Waals surface area contributed by atoms with E-state index in [1.54, 1.807) is 0 Å². The molecule has 0 atom stereocenters. The van der Waals surface area contributed by atoms with Crippen LogP contribution in [0.15, 0.2) is 472 Å². The summed E-state index contributed by atoms with van der Waals surface area (Å²) in [6, 6.07) is 163. The van der Waals surface area contributed by atoms with E-state index >= 15 is 0 Å². The maximum atomic E-state index is 6.38. The Bertz CT molecular complexity index is 9270. The quantitative estimate of drug-likeness (QED) is 0.115. The molecule has 10 nitrogen and oxygen atoms in total. The van der Waals surface area contributed by atoms with Crippen LogP contribution in [0.4, 0.5) is 0 Å². The Hall–Kier alpha value is -18.3. The molecule has 0 bridgehead atoms. The van der Waals surface area contributed by atoms with Gasteiger partial charge in [-0.15, -0.1) is 0 Å². The molecule has 0 radical (unpaired) electrons. The van der Waals surface area contributed by atoms with Gasteiger partial charge in [-0.1, -0.05) is 443 Å². The summed E-state index contributed by atoms with van der Waals surface area (Å²) >= 11 is 0. The fourth-order valence-electron chi connectivity index (χ4n) is 19.8. The predicted octanol–water partition coefficient (Wildman–Crippen LogP) is 32.5. The highest BCUT2D eigenvalue weighted by molar-refractivity contribution is 6.24. The zero-order chi connectivity index (χ0) is 89.2. The molecule has 0 spiro atoms. The summed E-state index contributed by atoms with van der Waals surface area (Å²) in [5.41, 5.74) is 14.8. The van der Waals surface area contributed by atoms with Crippen molar-refractivity contribution in [1.82, 2.24) is 44.9 Å². The molecule has 0 saturated heterocycles. The lowest BCUT2D eigenvalue weighted by Gasteiger charge is -2.15. The average Bonchev–Trinajstić information content (AvgIpc) is 1.24. The third kappa shape index (κ3) is 14.4. The normalized spacial score (nSPS) is 11.6. The minimum absolute atomic E-state index is 0.581. The summed E-state index contributed by atoms with van der Waals surface area (Å²) in [6.45, 7) is 0. The van der Waals surface area contributed by atoms with Gasteiger partial charge in [0.2, 0.25) is 0 Å². The van der Waals surface area contributed by atoms with Crippen molar-refractivity contribution in [3.05, 3.63) is 467 Å². The molecule has 10 heteroatoms. The molecule has 4 aromatic heterocycles.